The van der Waals surface area contributed by atoms with Gasteiger partial charge >= 0.3 is 5.97 Å². The maximum absolute atomic E-state index is 11.8. The number of oxime groups is 1. The molecule has 128 valence electrons. The van der Waals surface area contributed by atoms with Gasteiger partial charge in [-0.05, 0) is 26.0 Å². The Balaban J connectivity index is 2.11. The molecule has 0 saturated heterocycles. The van der Waals surface area contributed by atoms with Crippen molar-refractivity contribution < 1.29 is 23.2 Å². The number of hydrogen-bond acceptors (Lipinski definition) is 6. The summed E-state index contributed by atoms with van der Waals surface area (Å²) < 4.78 is 21.7. The van der Waals surface area contributed by atoms with E-state index in [0.29, 0.717) is 17.8 Å². The van der Waals surface area contributed by atoms with Gasteiger partial charge in [-0.15, -0.1) is 5.92 Å². The predicted octanol–water partition coefficient (Wildman–Crippen LogP) is 1.22. The minimum atomic E-state index is -3.81. The van der Waals surface area contributed by atoms with Crippen LogP contribution in [0.3, 0.4) is 0 Å². The van der Waals surface area contributed by atoms with E-state index < -0.39 is 26.7 Å². The molecule has 0 aliphatic carbocycles. The van der Waals surface area contributed by atoms with Gasteiger partial charge in [0.2, 0.25) is 0 Å². The van der Waals surface area contributed by atoms with Gasteiger partial charge in [0.25, 0.3) is 0 Å². The number of sulfone groups is 1. The smallest absolute Gasteiger partial charge is 0.324 e. The average molecular weight is 350 g/mol. The number of hydrogen-bond donors (Lipinski definition) is 1. The summed E-state index contributed by atoms with van der Waals surface area (Å²) in [6.07, 6.45) is 2.00. The minimum Gasteiger partial charge on any atom is -0.480 e. The molecule has 24 heavy (non-hydrogen) atoms. The minimum absolute atomic E-state index is 0.187. The Bertz CT molecular complexity index is 833. The molecule has 0 amide bonds. The standard InChI is InChI=1S/C16H18N2O5S/c1-4-5-11-6-7-13(17-10-11)14-8-12(23-18-14)9-16(2,15(19)20)24(3,21)22/h6-7,10,12H,8-9H2,1-3H3,(H,19,20). The second kappa shape index (κ2) is 6.61. The SMILES string of the molecule is CC#Cc1ccc(C2=NOC(CC(C)(C(=O)O)S(C)(=O)=O)C2)nc1. The first kappa shape index (κ1) is 17.9. The van der Waals surface area contributed by atoms with Gasteiger partial charge in [-0.3, -0.25) is 9.78 Å². The van der Waals surface area contributed by atoms with Gasteiger partial charge < -0.3 is 9.94 Å². The van der Waals surface area contributed by atoms with Crippen LogP contribution < -0.4 is 0 Å². The number of nitrogens with zero attached hydrogens (tertiary/aromatic N) is 2. The number of carboxylic acids is 1. The molecule has 1 aromatic heterocycles. The van der Waals surface area contributed by atoms with E-state index in [2.05, 4.69) is 22.0 Å². The van der Waals surface area contributed by atoms with E-state index in [4.69, 9.17) is 4.84 Å². The highest BCUT2D eigenvalue weighted by molar-refractivity contribution is 7.92. The Morgan fingerprint density at radius 3 is 2.71 bits per heavy atom. The molecule has 1 N–H and O–H groups in total. The van der Waals surface area contributed by atoms with Crippen LogP contribution in [-0.4, -0.2) is 47.3 Å². The Morgan fingerprint density at radius 1 is 1.50 bits per heavy atom. The molecule has 0 spiro atoms. The quantitative estimate of drug-likeness (QED) is 0.801. The number of aliphatic carboxylic acids is 1. The van der Waals surface area contributed by atoms with E-state index in [9.17, 15) is 18.3 Å². The van der Waals surface area contributed by atoms with Crippen LogP contribution in [0.4, 0.5) is 0 Å². The van der Waals surface area contributed by atoms with E-state index in [-0.39, 0.29) is 6.42 Å². The van der Waals surface area contributed by atoms with E-state index >= 15 is 0 Å². The zero-order chi connectivity index (χ0) is 18.0. The van der Waals surface area contributed by atoms with Crippen LogP contribution in [-0.2, 0) is 19.5 Å². The summed E-state index contributed by atoms with van der Waals surface area (Å²) in [6, 6.07) is 3.55. The third-order valence-electron chi connectivity index (χ3n) is 3.95. The first-order chi connectivity index (χ1) is 11.2. The Hall–Kier alpha value is -2.40. The molecule has 2 heterocycles. The van der Waals surface area contributed by atoms with Gasteiger partial charge in [0.05, 0.1) is 5.69 Å². The van der Waals surface area contributed by atoms with Crippen LogP contribution >= 0.6 is 0 Å². The van der Waals surface area contributed by atoms with Crippen molar-refractivity contribution in [2.75, 3.05) is 6.26 Å². The monoisotopic (exact) mass is 350 g/mol. The Kier molecular flexibility index (Phi) is 4.94. The molecule has 1 aromatic rings. The number of carbonyl (C=O) groups is 1. The molecular weight excluding hydrogens is 332 g/mol. The summed E-state index contributed by atoms with van der Waals surface area (Å²) in [5.74, 6) is 4.25. The number of pyridine rings is 1. The molecule has 2 rings (SSSR count). The Labute approximate surface area is 140 Å². The van der Waals surface area contributed by atoms with Crippen molar-refractivity contribution >= 4 is 21.5 Å². The van der Waals surface area contributed by atoms with E-state index in [0.717, 1.165) is 11.8 Å². The average Bonchev–Trinajstić information content (AvgIpc) is 2.95. The molecule has 0 bridgehead atoms. The second-order valence-electron chi connectivity index (χ2n) is 5.79. The lowest BCUT2D eigenvalue weighted by molar-refractivity contribution is -0.140. The Morgan fingerprint density at radius 2 is 2.21 bits per heavy atom. The van der Waals surface area contributed by atoms with Crippen molar-refractivity contribution in [2.45, 2.75) is 37.5 Å². The largest absolute Gasteiger partial charge is 0.480 e. The highest BCUT2D eigenvalue weighted by atomic mass is 32.2. The third kappa shape index (κ3) is 3.57. The van der Waals surface area contributed by atoms with Crippen LogP contribution in [0.2, 0.25) is 0 Å². The molecule has 0 saturated carbocycles. The number of carboxylic acid groups (broad SMARTS) is 1. The van der Waals surface area contributed by atoms with Crippen LogP contribution in [0, 0.1) is 11.8 Å². The van der Waals surface area contributed by atoms with Crippen LogP contribution in [0.25, 0.3) is 0 Å². The van der Waals surface area contributed by atoms with Crippen LogP contribution in [0.15, 0.2) is 23.5 Å². The van der Waals surface area contributed by atoms with Gasteiger partial charge in [-0.1, -0.05) is 11.1 Å². The van der Waals surface area contributed by atoms with E-state index in [1.54, 1.807) is 25.3 Å². The number of aromatic nitrogens is 1. The van der Waals surface area contributed by atoms with Crippen LogP contribution in [0.1, 0.15) is 37.9 Å². The highest BCUT2D eigenvalue weighted by Crippen LogP contribution is 2.29. The van der Waals surface area contributed by atoms with Crippen molar-refractivity contribution in [3.8, 4) is 11.8 Å². The molecule has 0 aromatic carbocycles. The maximum atomic E-state index is 11.8. The first-order valence-electron chi connectivity index (χ1n) is 7.22. The molecule has 1 aliphatic heterocycles. The van der Waals surface area contributed by atoms with Gasteiger partial charge in [0.15, 0.2) is 14.6 Å². The molecule has 8 heteroatoms. The summed E-state index contributed by atoms with van der Waals surface area (Å²) >= 11 is 0. The van der Waals surface area contributed by atoms with Gasteiger partial charge in [-0.25, -0.2) is 8.42 Å². The van der Waals surface area contributed by atoms with E-state index in [1.165, 1.54) is 6.92 Å². The maximum Gasteiger partial charge on any atom is 0.324 e. The van der Waals surface area contributed by atoms with Crippen molar-refractivity contribution in [2.24, 2.45) is 5.16 Å². The fourth-order valence-electron chi connectivity index (χ4n) is 2.30. The molecular formula is C16H18N2O5S. The van der Waals surface area contributed by atoms with Gasteiger partial charge in [0, 0.05) is 30.9 Å². The normalized spacial score (nSPS) is 19.5. The summed E-state index contributed by atoms with van der Waals surface area (Å²) in [4.78, 5) is 20.9. The summed E-state index contributed by atoms with van der Waals surface area (Å²) in [5.41, 5.74) is 1.92. The lowest BCUT2D eigenvalue weighted by Gasteiger charge is -2.24. The van der Waals surface area contributed by atoms with Crippen molar-refractivity contribution in [3.63, 3.8) is 0 Å². The molecule has 0 fully saturated rings. The van der Waals surface area contributed by atoms with Crippen molar-refractivity contribution in [3.05, 3.63) is 29.6 Å². The lowest BCUT2D eigenvalue weighted by Crippen LogP contribution is -2.45. The molecule has 2 atom stereocenters. The third-order valence-corrected chi connectivity index (χ3v) is 5.93. The fraction of sp³-hybridized carbons (Fsp3) is 0.438. The lowest BCUT2D eigenvalue weighted by atomic mass is 9.98. The van der Waals surface area contributed by atoms with Crippen LogP contribution in [0.5, 0.6) is 0 Å². The highest BCUT2D eigenvalue weighted by Gasteiger charge is 2.47. The summed E-state index contributed by atoms with van der Waals surface area (Å²) in [7, 11) is -3.81. The first-order valence-corrected chi connectivity index (χ1v) is 9.11. The van der Waals surface area contributed by atoms with Crippen molar-refractivity contribution in [1.29, 1.82) is 0 Å². The molecule has 0 radical (unpaired) electrons. The zero-order valence-electron chi connectivity index (χ0n) is 13.6. The summed E-state index contributed by atoms with van der Waals surface area (Å²) in [5, 5.41) is 13.2. The molecule has 1 aliphatic rings. The second-order valence-corrected chi connectivity index (χ2v) is 8.23. The molecule has 2 unspecified atom stereocenters. The van der Waals surface area contributed by atoms with Gasteiger partial charge in [0.1, 0.15) is 11.8 Å². The number of rotatable bonds is 5. The van der Waals surface area contributed by atoms with Gasteiger partial charge in [-0.2, -0.15) is 0 Å². The predicted molar refractivity (Wildman–Crippen MR) is 88.3 cm³/mol. The van der Waals surface area contributed by atoms with Crippen molar-refractivity contribution in [1.82, 2.24) is 4.98 Å². The zero-order valence-corrected chi connectivity index (χ0v) is 14.4. The van der Waals surface area contributed by atoms with E-state index in [1.807, 2.05) is 0 Å². The topological polar surface area (TPSA) is 106 Å². The fourth-order valence-corrected chi connectivity index (χ4v) is 3.11. The summed E-state index contributed by atoms with van der Waals surface area (Å²) in [6.45, 7) is 2.91. The molecule has 7 nitrogen and oxygen atoms in total.